The summed E-state index contributed by atoms with van der Waals surface area (Å²) in [5.41, 5.74) is -0.289. The van der Waals surface area contributed by atoms with Crippen LogP contribution in [0.25, 0.3) is 0 Å². The smallest absolute Gasteiger partial charge is 0.303 e. The normalized spacial score (nSPS) is 25.8. The predicted molar refractivity (Wildman–Crippen MR) is 107 cm³/mol. The van der Waals surface area contributed by atoms with Gasteiger partial charge in [0.15, 0.2) is 9.84 Å². The molecule has 0 aromatic heterocycles. The molecule has 0 amide bonds. The number of nitrogens with zero attached hydrogens (tertiary/aromatic N) is 1. The standard InChI is InChI=1S/C20H28F3N3O2S/c1-3-18(29(27,28)13-19(2)12-24-14-25-19)26-10-8-16(9-11-26)15-4-6-17(7-5-15)20(21,22)23/h3-7,16,18,24-25H,1,8-14H2,2H3. The van der Waals surface area contributed by atoms with Gasteiger partial charge in [0.1, 0.15) is 5.37 Å². The zero-order chi connectivity index (χ0) is 21.3. The molecule has 0 bridgehead atoms. The fourth-order valence-electron chi connectivity index (χ4n) is 4.26. The van der Waals surface area contributed by atoms with Crippen molar-refractivity contribution in [3.05, 3.63) is 48.0 Å². The summed E-state index contributed by atoms with van der Waals surface area (Å²) in [5.74, 6) is 0.141. The number of nitrogens with one attached hydrogen (secondary N) is 2. The summed E-state index contributed by atoms with van der Waals surface area (Å²) in [6.45, 7) is 7.93. The lowest BCUT2D eigenvalue weighted by molar-refractivity contribution is -0.137. The summed E-state index contributed by atoms with van der Waals surface area (Å²) in [4.78, 5) is 1.91. The molecule has 2 atom stereocenters. The van der Waals surface area contributed by atoms with Gasteiger partial charge < -0.3 is 5.32 Å². The number of hydrogen-bond donors (Lipinski definition) is 2. The van der Waals surface area contributed by atoms with Crippen molar-refractivity contribution in [2.24, 2.45) is 0 Å². The summed E-state index contributed by atoms with van der Waals surface area (Å²) >= 11 is 0. The van der Waals surface area contributed by atoms with Crippen LogP contribution in [-0.4, -0.2) is 56.3 Å². The fraction of sp³-hybridized carbons (Fsp3) is 0.600. The summed E-state index contributed by atoms with van der Waals surface area (Å²) in [6, 6.07) is 5.29. The van der Waals surface area contributed by atoms with Crippen molar-refractivity contribution >= 4 is 9.84 Å². The fourth-order valence-corrected chi connectivity index (χ4v) is 6.48. The maximum atomic E-state index is 13.0. The Balaban J connectivity index is 1.63. The van der Waals surface area contributed by atoms with Crippen LogP contribution in [0.2, 0.25) is 0 Å². The van der Waals surface area contributed by atoms with E-state index in [1.54, 1.807) is 0 Å². The van der Waals surface area contributed by atoms with E-state index in [1.165, 1.54) is 18.2 Å². The van der Waals surface area contributed by atoms with Crippen LogP contribution in [0.5, 0.6) is 0 Å². The van der Waals surface area contributed by atoms with Gasteiger partial charge in [-0.25, -0.2) is 8.42 Å². The molecule has 0 saturated carbocycles. The molecule has 2 aliphatic rings. The Labute approximate surface area is 170 Å². The van der Waals surface area contributed by atoms with E-state index in [0.717, 1.165) is 17.7 Å². The van der Waals surface area contributed by atoms with Gasteiger partial charge in [-0.05, 0) is 43.4 Å². The monoisotopic (exact) mass is 431 g/mol. The number of halogens is 3. The van der Waals surface area contributed by atoms with Crippen molar-refractivity contribution in [1.82, 2.24) is 15.5 Å². The number of hydrogen-bond acceptors (Lipinski definition) is 5. The van der Waals surface area contributed by atoms with E-state index >= 15 is 0 Å². The van der Waals surface area contributed by atoms with Gasteiger partial charge in [0.2, 0.25) is 0 Å². The minimum absolute atomic E-state index is 0.0164. The molecule has 2 heterocycles. The Kier molecular flexibility index (Phi) is 6.43. The number of piperidine rings is 1. The largest absolute Gasteiger partial charge is 0.416 e. The van der Waals surface area contributed by atoms with Crippen LogP contribution < -0.4 is 10.6 Å². The van der Waals surface area contributed by atoms with Crippen molar-refractivity contribution in [2.75, 3.05) is 32.1 Å². The molecule has 0 aliphatic carbocycles. The number of sulfone groups is 1. The van der Waals surface area contributed by atoms with Crippen molar-refractivity contribution in [1.29, 1.82) is 0 Å². The third-order valence-corrected chi connectivity index (χ3v) is 8.11. The second-order valence-corrected chi connectivity index (χ2v) is 10.3. The molecular formula is C20H28F3N3O2S. The average Bonchev–Trinajstić information content (AvgIpc) is 3.07. The summed E-state index contributed by atoms with van der Waals surface area (Å²) in [7, 11) is -3.44. The van der Waals surface area contributed by atoms with E-state index in [0.29, 0.717) is 39.1 Å². The van der Waals surface area contributed by atoms with E-state index < -0.39 is 32.5 Å². The lowest BCUT2D eigenvalue weighted by atomic mass is 9.89. The zero-order valence-electron chi connectivity index (χ0n) is 16.5. The van der Waals surface area contributed by atoms with Crippen molar-refractivity contribution in [3.63, 3.8) is 0 Å². The molecule has 2 N–H and O–H groups in total. The number of alkyl halides is 3. The maximum absolute atomic E-state index is 13.0. The minimum Gasteiger partial charge on any atom is -0.303 e. The van der Waals surface area contributed by atoms with Crippen LogP contribution in [-0.2, 0) is 16.0 Å². The maximum Gasteiger partial charge on any atom is 0.416 e. The quantitative estimate of drug-likeness (QED) is 0.679. The van der Waals surface area contributed by atoms with Gasteiger partial charge in [0, 0.05) is 31.8 Å². The third kappa shape index (κ3) is 5.20. The van der Waals surface area contributed by atoms with Crippen LogP contribution in [0, 0.1) is 0 Å². The molecule has 2 aliphatic heterocycles. The Hall–Kier alpha value is -1.42. The van der Waals surface area contributed by atoms with Gasteiger partial charge in [-0.2, -0.15) is 13.2 Å². The first-order valence-electron chi connectivity index (χ1n) is 9.75. The van der Waals surface area contributed by atoms with Gasteiger partial charge in [-0.15, -0.1) is 6.58 Å². The second-order valence-electron chi connectivity index (χ2n) is 8.20. The van der Waals surface area contributed by atoms with Gasteiger partial charge in [0.05, 0.1) is 11.3 Å². The molecule has 0 spiro atoms. The molecule has 1 aromatic carbocycles. The van der Waals surface area contributed by atoms with E-state index in [2.05, 4.69) is 17.2 Å². The molecule has 162 valence electrons. The average molecular weight is 432 g/mol. The first-order chi connectivity index (χ1) is 13.5. The Bertz CT molecular complexity index is 810. The third-order valence-electron chi connectivity index (χ3n) is 5.84. The molecule has 1 aromatic rings. The molecular weight excluding hydrogens is 403 g/mol. The summed E-state index contributed by atoms with van der Waals surface area (Å²) in [6.07, 6.45) is -1.46. The highest BCUT2D eigenvalue weighted by atomic mass is 32.2. The highest BCUT2D eigenvalue weighted by Crippen LogP contribution is 2.34. The van der Waals surface area contributed by atoms with Gasteiger partial charge in [-0.3, -0.25) is 10.2 Å². The van der Waals surface area contributed by atoms with Crippen LogP contribution in [0.3, 0.4) is 0 Å². The van der Waals surface area contributed by atoms with E-state index in [9.17, 15) is 21.6 Å². The number of rotatable bonds is 6. The summed E-state index contributed by atoms with van der Waals surface area (Å²) < 4.78 is 64.3. The molecule has 5 nitrogen and oxygen atoms in total. The minimum atomic E-state index is -4.34. The van der Waals surface area contributed by atoms with Crippen LogP contribution in [0.1, 0.15) is 36.8 Å². The van der Waals surface area contributed by atoms with Crippen molar-refractivity contribution in [2.45, 2.75) is 42.8 Å². The van der Waals surface area contributed by atoms with Crippen LogP contribution >= 0.6 is 0 Å². The lowest BCUT2D eigenvalue weighted by Crippen LogP contribution is -2.51. The van der Waals surface area contributed by atoms with Gasteiger partial charge in [-0.1, -0.05) is 18.2 Å². The molecule has 29 heavy (non-hydrogen) atoms. The topological polar surface area (TPSA) is 61.4 Å². The molecule has 9 heteroatoms. The van der Waals surface area contributed by atoms with E-state index in [1.807, 2.05) is 11.8 Å². The van der Waals surface area contributed by atoms with Gasteiger partial charge >= 0.3 is 6.18 Å². The predicted octanol–water partition coefficient (Wildman–Crippen LogP) is 2.72. The van der Waals surface area contributed by atoms with Crippen molar-refractivity contribution in [3.8, 4) is 0 Å². The van der Waals surface area contributed by atoms with Crippen LogP contribution in [0.15, 0.2) is 36.9 Å². The SMILES string of the molecule is C=CC(N1CCC(c2ccc(C(F)(F)F)cc2)CC1)S(=O)(=O)CC1(C)CNCN1. The molecule has 3 rings (SSSR count). The Morgan fingerprint density at radius 2 is 1.90 bits per heavy atom. The molecule has 0 radical (unpaired) electrons. The first-order valence-corrected chi connectivity index (χ1v) is 11.5. The van der Waals surface area contributed by atoms with Crippen molar-refractivity contribution < 1.29 is 21.6 Å². The zero-order valence-corrected chi connectivity index (χ0v) is 17.3. The highest BCUT2D eigenvalue weighted by molar-refractivity contribution is 7.92. The second kappa shape index (κ2) is 8.37. The van der Waals surface area contributed by atoms with Crippen LogP contribution in [0.4, 0.5) is 13.2 Å². The molecule has 2 saturated heterocycles. The van der Waals surface area contributed by atoms with Gasteiger partial charge in [0.25, 0.3) is 0 Å². The Morgan fingerprint density at radius 3 is 2.38 bits per heavy atom. The summed E-state index contributed by atoms with van der Waals surface area (Å²) in [5, 5.41) is 5.56. The molecule has 2 unspecified atom stereocenters. The highest BCUT2D eigenvalue weighted by Gasteiger charge is 2.39. The number of benzene rings is 1. The van der Waals surface area contributed by atoms with E-state index in [4.69, 9.17) is 0 Å². The van der Waals surface area contributed by atoms with E-state index in [-0.39, 0.29) is 11.7 Å². The molecule has 2 fully saturated rings. The lowest BCUT2D eigenvalue weighted by Gasteiger charge is -2.37. The first kappa shape index (κ1) is 22.3. The Morgan fingerprint density at radius 1 is 1.28 bits per heavy atom. The number of likely N-dealkylation sites (tertiary alicyclic amines) is 1.